The molecule has 1 saturated heterocycles. The third-order valence-electron chi connectivity index (χ3n) is 6.64. The monoisotopic (exact) mass is 482 g/mol. The first kappa shape index (κ1) is 25.0. The van der Waals surface area contributed by atoms with Gasteiger partial charge in [0.15, 0.2) is 5.82 Å². The van der Waals surface area contributed by atoms with Gasteiger partial charge in [0.05, 0.1) is 18.8 Å². The average Bonchev–Trinajstić information content (AvgIpc) is 3.49. The van der Waals surface area contributed by atoms with Crippen molar-refractivity contribution < 1.29 is 14.3 Å². The Labute approximate surface area is 204 Å². The molecule has 10 heteroatoms. The third-order valence-corrected chi connectivity index (χ3v) is 6.64. The molecule has 1 aliphatic heterocycles. The summed E-state index contributed by atoms with van der Waals surface area (Å²) in [5.74, 6) is 0.181. The van der Waals surface area contributed by atoms with E-state index >= 15 is 0 Å². The fraction of sp³-hybridized carbons (Fsp3) is 0.560. The van der Waals surface area contributed by atoms with Crippen LogP contribution in [0.25, 0.3) is 10.9 Å². The third kappa shape index (κ3) is 5.76. The van der Waals surface area contributed by atoms with E-state index in [2.05, 4.69) is 38.4 Å². The van der Waals surface area contributed by atoms with Crippen LogP contribution in [0.5, 0.6) is 0 Å². The van der Waals surface area contributed by atoms with E-state index in [1.54, 1.807) is 6.92 Å². The number of nitrogens with zero attached hydrogens (tertiary/aromatic N) is 5. The molecule has 1 aliphatic rings. The molecule has 0 saturated carbocycles. The molecule has 188 valence electrons. The van der Waals surface area contributed by atoms with Gasteiger partial charge in [-0.25, -0.2) is 4.68 Å². The lowest BCUT2D eigenvalue weighted by Gasteiger charge is -2.32. The highest BCUT2D eigenvalue weighted by Crippen LogP contribution is 2.27. The Kier molecular flexibility index (Phi) is 7.92. The van der Waals surface area contributed by atoms with Gasteiger partial charge in [-0.3, -0.25) is 14.5 Å². The number of esters is 1. The molecule has 3 heterocycles. The topological polar surface area (TPSA) is 115 Å². The van der Waals surface area contributed by atoms with Crippen LogP contribution in [0.3, 0.4) is 0 Å². The molecule has 35 heavy (non-hydrogen) atoms. The second kappa shape index (κ2) is 11.1. The largest absolute Gasteiger partial charge is 0.465 e. The highest BCUT2D eigenvalue weighted by atomic mass is 16.5. The van der Waals surface area contributed by atoms with Crippen LogP contribution in [0.15, 0.2) is 23.0 Å². The number of ether oxygens (including phenoxy) is 2. The molecule has 0 bridgehead atoms. The lowest BCUT2D eigenvalue weighted by atomic mass is 10.0. The SMILES string of the molecule is CCOC(=O)Cn1nnnc1C(CC)N(Cc1cc2cc(C)c(C)cc2[nH]c1=O)CC1CCCO1. The number of H-pyrrole nitrogens is 1. The summed E-state index contributed by atoms with van der Waals surface area (Å²) in [6, 6.07) is 5.88. The van der Waals surface area contributed by atoms with E-state index in [1.165, 1.54) is 10.2 Å². The first-order valence-electron chi connectivity index (χ1n) is 12.3. The fourth-order valence-electron chi connectivity index (χ4n) is 4.71. The Hall–Kier alpha value is -3.11. The second-order valence-electron chi connectivity index (χ2n) is 9.14. The Morgan fingerprint density at radius 1 is 1.29 bits per heavy atom. The molecule has 0 spiro atoms. The van der Waals surface area contributed by atoms with Gasteiger partial charge in [0.2, 0.25) is 0 Å². The van der Waals surface area contributed by atoms with Crippen molar-refractivity contribution in [1.29, 1.82) is 0 Å². The maximum atomic E-state index is 13.1. The van der Waals surface area contributed by atoms with Gasteiger partial charge in [-0.05, 0) is 85.2 Å². The summed E-state index contributed by atoms with van der Waals surface area (Å²) in [5, 5.41) is 13.1. The number of pyridine rings is 1. The predicted molar refractivity (Wildman–Crippen MR) is 131 cm³/mol. The highest BCUT2D eigenvalue weighted by molar-refractivity contribution is 5.80. The predicted octanol–water partition coefficient (Wildman–Crippen LogP) is 2.83. The number of aromatic amines is 1. The maximum absolute atomic E-state index is 13.1. The number of rotatable bonds is 10. The lowest BCUT2D eigenvalue weighted by molar-refractivity contribution is -0.144. The first-order valence-corrected chi connectivity index (χ1v) is 12.3. The number of aryl methyl sites for hydroxylation is 2. The van der Waals surface area contributed by atoms with Crippen LogP contribution in [0.2, 0.25) is 0 Å². The minimum Gasteiger partial charge on any atom is -0.465 e. The quantitative estimate of drug-likeness (QED) is 0.439. The summed E-state index contributed by atoms with van der Waals surface area (Å²) in [6.45, 7) is 9.94. The van der Waals surface area contributed by atoms with Gasteiger partial charge in [-0.1, -0.05) is 6.92 Å². The number of aromatic nitrogens is 5. The molecule has 1 fully saturated rings. The number of hydrogen-bond acceptors (Lipinski definition) is 8. The number of hydrogen-bond donors (Lipinski definition) is 1. The van der Waals surface area contributed by atoms with Gasteiger partial charge in [-0.2, -0.15) is 0 Å². The summed E-state index contributed by atoms with van der Waals surface area (Å²) >= 11 is 0. The normalized spacial score (nSPS) is 16.8. The van der Waals surface area contributed by atoms with E-state index < -0.39 is 5.97 Å². The van der Waals surface area contributed by atoms with E-state index in [9.17, 15) is 9.59 Å². The molecule has 2 unspecified atom stereocenters. The molecule has 1 N–H and O–H groups in total. The van der Waals surface area contributed by atoms with E-state index in [4.69, 9.17) is 9.47 Å². The fourth-order valence-corrected chi connectivity index (χ4v) is 4.71. The molecular weight excluding hydrogens is 448 g/mol. The molecule has 3 aromatic rings. The molecule has 2 aromatic heterocycles. The van der Waals surface area contributed by atoms with Crippen LogP contribution in [-0.4, -0.2) is 61.9 Å². The maximum Gasteiger partial charge on any atom is 0.327 e. The minimum absolute atomic E-state index is 0.0599. The van der Waals surface area contributed by atoms with Gasteiger partial charge >= 0.3 is 5.97 Å². The molecule has 10 nitrogen and oxygen atoms in total. The van der Waals surface area contributed by atoms with Crippen molar-refractivity contribution >= 4 is 16.9 Å². The molecular formula is C25H34N6O4. The molecule has 2 atom stereocenters. The standard InChI is InChI=1S/C25H34N6O4/c1-5-22(24-27-28-29-31(24)15-23(32)34-6-2)30(14-20-8-7-9-35-20)13-19-12-18-10-16(3)17(4)11-21(18)26-25(19)33/h10-12,20,22H,5-9,13-15H2,1-4H3,(H,26,33). The molecule has 0 aliphatic carbocycles. The zero-order valence-corrected chi connectivity index (χ0v) is 20.9. The molecule has 0 amide bonds. The van der Waals surface area contributed by atoms with Crippen LogP contribution in [0, 0.1) is 13.8 Å². The summed E-state index contributed by atoms with van der Waals surface area (Å²) in [5.41, 5.74) is 3.70. The van der Waals surface area contributed by atoms with E-state index in [0.29, 0.717) is 37.5 Å². The Balaban J connectivity index is 1.67. The second-order valence-corrected chi connectivity index (χ2v) is 9.14. The minimum atomic E-state index is -0.391. The van der Waals surface area contributed by atoms with Crippen LogP contribution in [-0.2, 0) is 27.4 Å². The van der Waals surface area contributed by atoms with Crippen molar-refractivity contribution in [3.63, 3.8) is 0 Å². The number of tetrazole rings is 1. The van der Waals surface area contributed by atoms with Crippen LogP contribution >= 0.6 is 0 Å². The van der Waals surface area contributed by atoms with Gasteiger partial charge in [0.25, 0.3) is 5.56 Å². The van der Waals surface area contributed by atoms with Gasteiger partial charge in [0.1, 0.15) is 6.54 Å². The lowest BCUT2D eigenvalue weighted by Crippen LogP contribution is -2.38. The van der Waals surface area contributed by atoms with Crippen molar-refractivity contribution in [3.05, 3.63) is 51.1 Å². The summed E-state index contributed by atoms with van der Waals surface area (Å²) < 4.78 is 12.5. The average molecular weight is 483 g/mol. The summed E-state index contributed by atoms with van der Waals surface area (Å²) in [4.78, 5) is 30.4. The number of fused-ring (bicyclic) bond motifs is 1. The van der Waals surface area contributed by atoms with Crippen molar-refractivity contribution in [1.82, 2.24) is 30.1 Å². The van der Waals surface area contributed by atoms with Crippen molar-refractivity contribution in [2.24, 2.45) is 0 Å². The summed E-state index contributed by atoms with van der Waals surface area (Å²) in [6.07, 6.45) is 2.75. The molecule has 1 aromatic carbocycles. The van der Waals surface area contributed by atoms with Crippen molar-refractivity contribution in [3.8, 4) is 0 Å². The Morgan fingerprint density at radius 3 is 2.80 bits per heavy atom. The smallest absolute Gasteiger partial charge is 0.327 e. The van der Waals surface area contributed by atoms with Crippen molar-refractivity contribution in [2.45, 2.75) is 72.2 Å². The van der Waals surface area contributed by atoms with Gasteiger partial charge in [0, 0.05) is 30.8 Å². The first-order chi connectivity index (χ1) is 16.9. The molecule has 0 radical (unpaired) electrons. The zero-order valence-electron chi connectivity index (χ0n) is 20.9. The number of carbonyl (C=O) groups excluding carboxylic acids is 1. The zero-order chi connectivity index (χ0) is 24.9. The van der Waals surface area contributed by atoms with Crippen LogP contribution < -0.4 is 5.56 Å². The van der Waals surface area contributed by atoms with Crippen LogP contribution in [0.1, 0.15) is 61.7 Å². The highest BCUT2D eigenvalue weighted by Gasteiger charge is 2.30. The number of nitrogens with one attached hydrogen (secondary N) is 1. The Morgan fingerprint density at radius 2 is 2.09 bits per heavy atom. The van der Waals surface area contributed by atoms with E-state index in [-0.39, 0.29) is 24.2 Å². The van der Waals surface area contributed by atoms with Gasteiger partial charge in [-0.15, -0.1) is 5.10 Å². The Bertz CT molecular complexity index is 1230. The van der Waals surface area contributed by atoms with Gasteiger partial charge < -0.3 is 14.5 Å². The number of benzene rings is 1. The van der Waals surface area contributed by atoms with Crippen LogP contribution in [0.4, 0.5) is 0 Å². The van der Waals surface area contributed by atoms with Crippen molar-refractivity contribution in [2.75, 3.05) is 19.8 Å². The number of carbonyl (C=O) groups is 1. The summed E-state index contributed by atoms with van der Waals surface area (Å²) in [7, 11) is 0. The molecule has 4 rings (SSSR count). The van der Waals surface area contributed by atoms with E-state index in [1.807, 2.05) is 26.0 Å². The van der Waals surface area contributed by atoms with E-state index in [0.717, 1.165) is 35.9 Å².